The molecule has 0 fully saturated rings. The molecule has 0 amide bonds. The van der Waals surface area contributed by atoms with Crippen LogP contribution in [-0.4, -0.2) is 15.0 Å². The van der Waals surface area contributed by atoms with Gasteiger partial charge in [-0.25, -0.2) is 9.97 Å². The van der Waals surface area contributed by atoms with E-state index in [0.717, 1.165) is 16.6 Å². The second kappa shape index (κ2) is 3.65. The highest BCUT2D eigenvalue weighted by molar-refractivity contribution is 7.16. The quantitative estimate of drug-likeness (QED) is 0.558. The summed E-state index contributed by atoms with van der Waals surface area (Å²) in [5, 5.41) is 1.15. The van der Waals surface area contributed by atoms with E-state index in [4.69, 9.17) is 0 Å². The standard InChI is InChI=1S/C14H9N3S/c1-2-10-11(7-16-14(10)15-5-1)9-3-4-12-13(6-9)18-8-17-12/h1-8H,(H,15,16). The molecule has 1 N–H and O–H groups in total. The van der Waals surface area contributed by atoms with Crippen molar-refractivity contribution < 1.29 is 0 Å². The van der Waals surface area contributed by atoms with Gasteiger partial charge in [-0.05, 0) is 29.8 Å². The van der Waals surface area contributed by atoms with E-state index >= 15 is 0 Å². The molecular formula is C14H9N3S. The van der Waals surface area contributed by atoms with Gasteiger partial charge in [0.05, 0.1) is 15.7 Å². The summed E-state index contributed by atoms with van der Waals surface area (Å²) in [6.07, 6.45) is 3.81. The van der Waals surface area contributed by atoms with Crippen LogP contribution >= 0.6 is 11.3 Å². The molecule has 0 bridgehead atoms. The molecule has 0 saturated carbocycles. The SMILES string of the molecule is c1cnc2[nH]cc(-c3ccc4ncsc4c3)c2c1. The number of hydrogen-bond acceptors (Lipinski definition) is 3. The van der Waals surface area contributed by atoms with Crippen molar-refractivity contribution in [3.05, 3.63) is 48.2 Å². The Hall–Kier alpha value is -2.20. The average Bonchev–Trinajstić information content (AvgIpc) is 3.04. The molecule has 0 aliphatic carbocycles. The monoisotopic (exact) mass is 251 g/mol. The van der Waals surface area contributed by atoms with Crippen LogP contribution in [0, 0.1) is 0 Å². The van der Waals surface area contributed by atoms with E-state index in [1.807, 2.05) is 17.8 Å². The summed E-state index contributed by atoms with van der Waals surface area (Å²) in [5.74, 6) is 0. The van der Waals surface area contributed by atoms with Crippen LogP contribution in [0.2, 0.25) is 0 Å². The van der Waals surface area contributed by atoms with Gasteiger partial charge in [0.1, 0.15) is 5.65 Å². The van der Waals surface area contributed by atoms with Crippen molar-refractivity contribution in [3.8, 4) is 11.1 Å². The first-order chi connectivity index (χ1) is 8.92. The lowest BCUT2D eigenvalue weighted by molar-refractivity contribution is 1.33. The van der Waals surface area contributed by atoms with Crippen LogP contribution in [0.25, 0.3) is 32.4 Å². The van der Waals surface area contributed by atoms with E-state index in [-0.39, 0.29) is 0 Å². The Morgan fingerprint density at radius 1 is 1.11 bits per heavy atom. The van der Waals surface area contributed by atoms with Crippen molar-refractivity contribution in [3.63, 3.8) is 0 Å². The lowest BCUT2D eigenvalue weighted by Gasteiger charge is -1.99. The van der Waals surface area contributed by atoms with Crippen LogP contribution in [0.15, 0.2) is 48.2 Å². The number of nitrogens with one attached hydrogen (secondary N) is 1. The third kappa shape index (κ3) is 1.36. The number of aromatic nitrogens is 3. The summed E-state index contributed by atoms with van der Waals surface area (Å²) in [4.78, 5) is 11.8. The molecule has 1 aromatic carbocycles. The van der Waals surface area contributed by atoms with E-state index in [0.29, 0.717) is 0 Å². The van der Waals surface area contributed by atoms with Gasteiger partial charge in [0.2, 0.25) is 0 Å². The first-order valence-electron chi connectivity index (χ1n) is 5.67. The predicted octanol–water partition coefficient (Wildman–Crippen LogP) is 3.84. The zero-order valence-corrected chi connectivity index (χ0v) is 10.2. The van der Waals surface area contributed by atoms with Gasteiger partial charge in [-0.1, -0.05) is 6.07 Å². The van der Waals surface area contributed by atoms with Gasteiger partial charge in [-0.2, -0.15) is 0 Å². The number of thiazole rings is 1. The van der Waals surface area contributed by atoms with Crippen molar-refractivity contribution >= 4 is 32.6 Å². The summed E-state index contributed by atoms with van der Waals surface area (Å²) >= 11 is 1.67. The summed E-state index contributed by atoms with van der Waals surface area (Å²) in [6.45, 7) is 0. The summed E-state index contributed by atoms with van der Waals surface area (Å²) in [5.41, 5.74) is 6.25. The minimum atomic E-state index is 0.928. The second-order valence-electron chi connectivity index (χ2n) is 4.14. The molecule has 4 heteroatoms. The smallest absolute Gasteiger partial charge is 0.137 e. The fourth-order valence-corrected chi connectivity index (χ4v) is 2.93. The molecule has 0 unspecified atom stereocenters. The zero-order valence-electron chi connectivity index (χ0n) is 9.42. The van der Waals surface area contributed by atoms with Crippen LogP contribution in [0.4, 0.5) is 0 Å². The molecule has 0 spiro atoms. The first kappa shape index (κ1) is 9.79. The minimum Gasteiger partial charge on any atom is -0.346 e. The van der Waals surface area contributed by atoms with Gasteiger partial charge >= 0.3 is 0 Å². The minimum absolute atomic E-state index is 0.928. The van der Waals surface area contributed by atoms with Crippen molar-refractivity contribution in [1.82, 2.24) is 15.0 Å². The molecule has 3 heterocycles. The fourth-order valence-electron chi connectivity index (χ4n) is 2.22. The molecular weight excluding hydrogens is 242 g/mol. The fraction of sp³-hybridized carbons (Fsp3) is 0. The number of aromatic amines is 1. The molecule has 0 saturated heterocycles. The van der Waals surface area contributed by atoms with Crippen molar-refractivity contribution in [1.29, 1.82) is 0 Å². The number of pyridine rings is 1. The molecule has 0 aliphatic heterocycles. The number of hydrogen-bond donors (Lipinski definition) is 1. The van der Waals surface area contributed by atoms with Crippen LogP contribution in [0.3, 0.4) is 0 Å². The normalized spacial score (nSPS) is 11.3. The highest BCUT2D eigenvalue weighted by atomic mass is 32.1. The number of H-pyrrole nitrogens is 1. The van der Waals surface area contributed by atoms with Crippen molar-refractivity contribution in [2.24, 2.45) is 0 Å². The Kier molecular flexibility index (Phi) is 1.98. The van der Waals surface area contributed by atoms with Crippen LogP contribution < -0.4 is 0 Å². The third-order valence-electron chi connectivity index (χ3n) is 3.09. The lowest BCUT2D eigenvalue weighted by Crippen LogP contribution is -1.76. The molecule has 3 aromatic heterocycles. The van der Waals surface area contributed by atoms with Gasteiger partial charge in [-0.15, -0.1) is 11.3 Å². The van der Waals surface area contributed by atoms with E-state index in [1.54, 1.807) is 17.5 Å². The van der Waals surface area contributed by atoms with E-state index in [1.165, 1.54) is 15.8 Å². The van der Waals surface area contributed by atoms with Gasteiger partial charge < -0.3 is 4.98 Å². The van der Waals surface area contributed by atoms with Crippen LogP contribution in [0.5, 0.6) is 0 Å². The van der Waals surface area contributed by atoms with Crippen molar-refractivity contribution in [2.45, 2.75) is 0 Å². The molecule has 86 valence electrons. The Morgan fingerprint density at radius 3 is 3.11 bits per heavy atom. The maximum absolute atomic E-state index is 4.31. The van der Waals surface area contributed by atoms with Crippen LogP contribution in [0.1, 0.15) is 0 Å². The highest BCUT2D eigenvalue weighted by Crippen LogP contribution is 2.30. The zero-order chi connectivity index (χ0) is 11.9. The maximum Gasteiger partial charge on any atom is 0.137 e. The molecule has 0 aliphatic rings. The number of nitrogens with zero attached hydrogens (tertiary/aromatic N) is 2. The molecule has 18 heavy (non-hydrogen) atoms. The Labute approximate surface area is 107 Å². The van der Waals surface area contributed by atoms with Crippen LogP contribution in [-0.2, 0) is 0 Å². The Bertz CT molecular complexity index is 844. The van der Waals surface area contributed by atoms with E-state index in [9.17, 15) is 0 Å². The number of benzene rings is 1. The Morgan fingerprint density at radius 2 is 2.11 bits per heavy atom. The van der Waals surface area contributed by atoms with E-state index < -0.39 is 0 Å². The van der Waals surface area contributed by atoms with E-state index in [2.05, 4.69) is 39.2 Å². The molecule has 3 nitrogen and oxygen atoms in total. The van der Waals surface area contributed by atoms with Gasteiger partial charge in [-0.3, -0.25) is 0 Å². The van der Waals surface area contributed by atoms with Crippen molar-refractivity contribution in [2.75, 3.05) is 0 Å². The summed E-state index contributed by atoms with van der Waals surface area (Å²) in [6, 6.07) is 10.4. The van der Waals surface area contributed by atoms with Gasteiger partial charge in [0, 0.05) is 23.3 Å². The Balaban J connectivity index is 2.00. The second-order valence-corrected chi connectivity index (χ2v) is 5.02. The first-order valence-corrected chi connectivity index (χ1v) is 6.55. The third-order valence-corrected chi connectivity index (χ3v) is 3.89. The largest absolute Gasteiger partial charge is 0.346 e. The lowest BCUT2D eigenvalue weighted by atomic mass is 10.1. The maximum atomic E-state index is 4.31. The molecule has 0 atom stereocenters. The summed E-state index contributed by atoms with van der Waals surface area (Å²) < 4.78 is 1.21. The number of fused-ring (bicyclic) bond motifs is 2. The van der Waals surface area contributed by atoms with Gasteiger partial charge in [0.15, 0.2) is 0 Å². The topological polar surface area (TPSA) is 41.6 Å². The molecule has 0 radical (unpaired) electrons. The molecule has 4 aromatic rings. The van der Waals surface area contributed by atoms with Gasteiger partial charge in [0.25, 0.3) is 0 Å². The highest BCUT2D eigenvalue weighted by Gasteiger charge is 2.07. The molecule has 4 rings (SSSR count). The average molecular weight is 251 g/mol. The summed E-state index contributed by atoms with van der Waals surface area (Å²) in [7, 11) is 0. The number of rotatable bonds is 1. The predicted molar refractivity (Wildman–Crippen MR) is 74.7 cm³/mol.